The number of hydrogen-bond donors (Lipinski definition) is 0. The summed E-state index contributed by atoms with van der Waals surface area (Å²) in [7, 11) is 0. The summed E-state index contributed by atoms with van der Waals surface area (Å²) in [6.07, 6.45) is 5.34. The van der Waals surface area contributed by atoms with Crippen LogP contribution < -0.4 is 0 Å². The van der Waals surface area contributed by atoms with Crippen molar-refractivity contribution in [3.05, 3.63) is 76.5 Å². The predicted octanol–water partition coefficient (Wildman–Crippen LogP) is 4.05. The molecule has 1 aliphatic heterocycles. The predicted molar refractivity (Wildman–Crippen MR) is 103 cm³/mol. The molecule has 0 unspecified atom stereocenters. The van der Waals surface area contributed by atoms with Crippen LogP contribution in [0.4, 0.5) is 0 Å². The van der Waals surface area contributed by atoms with Gasteiger partial charge in [0.2, 0.25) is 0 Å². The Hall–Kier alpha value is -2.47. The number of halogens is 1. The second-order valence-electron chi connectivity index (χ2n) is 6.48. The van der Waals surface area contributed by atoms with Crippen LogP contribution in [0.25, 0.3) is 5.69 Å². The normalized spacial score (nSPS) is 15.2. The molecule has 2 heterocycles. The number of hydrogen-bond acceptors (Lipinski definition) is 3. The zero-order valence-corrected chi connectivity index (χ0v) is 15.8. The highest BCUT2D eigenvalue weighted by molar-refractivity contribution is 9.10. The SMILES string of the molecule is O=C(c1ccccc1-n1ccnn1)N1CCC(c2ccc(Br)cc2)CC1. The van der Waals surface area contributed by atoms with E-state index in [0.717, 1.165) is 36.1 Å². The molecule has 4 rings (SSSR count). The fourth-order valence-electron chi connectivity index (χ4n) is 3.51. The van der Waals surface area contributed by atoms with Crippen molar-refractivity contribution in [3.8, 4) is 5.69 Å². The summed E-state index contributed by atoms with van der Waals surface area (Å²) in [6, 6.07) is 16.1. The van der Waals surface area contributed by atoms with Crippen LogP contribution in [0.2, 0.25) is 0 Å². The minimum absolute atomic E-state index is 0.0605. The smallest absolute Gasteiger partial charge is 0.256 e. The highest BCUT2D eigenvalue weighted by Crippen LogP contribution is 2.30. The molecule has 3 aromatic rings. The summed E-state index contributed by atoms with van der Waals surface area (Å²) in [5, 5.41) is 7.87. The van der Waals surface area contributed by atoms with E-state index in [0.29, 0.717) is 11.5 Å². The van der Waals surface area contributed by atoms with E-state index in [2.05, 4.69) is 50.5 Å². The maximum Gasteiger partial charge on any atom is 0.256 e. The Balaban J connectivity index is 1.48. The lowest BCUT2D eigenvalue weighted by Gasteiger charge is -2.32. The quantitative estimate of drug-likeness (QED) is 0.654. The average Bonchev–Trinajstić information content (AvgIpc) is 3.23. The molecular formula is C20H19BrN4O. The molecule has 26 heavy (non-hydrogen) atoms. The van der Waals surface area contributed by atoms with E-state index in [1.807, 2.05) is 29.2 Å². The van der Waals surface area contributed by atoms with Gasteiger partial charge in [0.25, 0.3) is 5.91 Å². The topological polar surface area (TPSA) is 51.0 Å². The molecule has 0 spiro atoms. The lowest BCUT2D eigenvalue weighted by atomic mass is 9.89. The van der Waals surface area contributed by atoms with Gasteiger partial charge < -0.3 is 4.90 Å². The zero-order valence-electron chi connectivity index (χ0n) is 14.3. The van der Waals surface area contributed by atoms with Crippen molar-refractivity contribution in [2.45, 2.75) is 18.8 Å². The molecule has 0 atom stereocenters. The van der Waals surface area contributed by atoms with Gasteiger partial charge >= 0.3 is 0 Å². The third-order valence-electron chi connectivity index (χ3n) is 4.93. The van der Waals surface area contributed by atoms with Gasteiger partial charge in [-0.25, -0.2) is 4.68 Å². The first-order valence-corrected chi connectivity index (χ1v) is 9.52. The molecule has 1 amide bonds. The molecule has 0 saturated carbocycles. The lowest BCUT2D eigenvalue weighted by Crippen LogP contribution is -2.38. The largest absolute Gasteiger partial charge is 0.339 e. The number of nitrogens with zero attached hydrogens (tertiary/aromatic N) is 4. The summed E-state index contributed by atoms with van der Waals surface area (Å²) in [5.41, 5.74) is 2.79. The van der Waals surface area contributed by atoms with Crippen LogP contribution in [0.15, 0.2) is 65.4 Å². The van der Waals surface area contributed by atoms with E-state index in [1.165, 1.54) is 5.56 Å². The number of piperidine rings is 1. The van der Waals surface area contributed by atoms with Crippen LogP contribution >= 0.6 is 15.9 Å². The number of para-hydroxylation sites is 1. The second kappa shape index (κ2) is 7.41. The maximum absolute atomic E-state index is 13.1. The van der Waals surface area contributed by atoms with E-state index >= 15 is 0 Å². The van der Waals surface area contributed by atoms with Gasteiger partial charge in [-0.1, -0.05) is 45.4 Å². The first kappa shape index (κ1) is 17.0. The van der Waals surface area contributed by atoms with Crippen molar-refractivity contribution in [2.75, 3.05) is 13.1 Å². The average molecular weight is 411 g/mol. The van der Waals surface area contributed by atoms with Crippen LogP contribution in [0.5, 0.6) is 0 Å². The van der Waals surface area contributed by atoms with E-state index in [4.69, 9.17) is 0 Å². The highest BCUT2D eigenvalue weighted by atomic mass is 79.9. The molecular weight excluding hydrogens is 392 g/mol. The van der Waals surface area contributed by atoms with Gasteiger partial charge in [0.05, 0.1) is 23.6 Å². The van der Waals surface area contributed by atoms with Crippen molar-refractivity contribution in [1.82, 2.24) is 19.9 Å². The molecule has 132 valence electrons. The standard InChI is InChI=1S/C20H19BrN4O/c21-17-7-5-15(6-8-17)16-9-12-24(13-10-16)20(26)18-3-1-2-4-19(18)25-14-11-22-23-25/h1-8,11,14,16H,9-10,12-13H2. The first-order chi connectivity index (χ1) is 12.7. The Morgan fingerprint density at radius 2 is 1.77 bits per heavy atom. The van der Waals surface area contributed by atoms with Gasteiger partial charge in [0.1, 0.15) is 0 Å². The molecule has 1 saturated heterocycles. The molecule has 1 fully saturated rings. The molecule has 0 bridgehead atoms. The molecule has 1 aromatic heterocycles. The van der Waals surface area contributed by atoms with Crippen molar-refractivity contribution in [1.29, 1.82) is 0 Å². The van der Waals surface area contributed by atoms with Crippen LogP contribution in [0.3, 0.4) is 0 Å². The summed E-state index contributed by atoms with van der Waals surface area (Å²) in [6.45, 7) is 1.54. The number of aromatic nitrogens is 3. The minimum Gasteiger partial charge on any atom is -0.339 e. The highest BCUT2D eigenvalue weighted by Gasteiger charge is 2.26. The zero-order chi connectivity index (χ0) is 17.9. The summed E-state index contributed by atoms with van der Waals surface area (Å²) in [5.74, 6) is 0.572. The number of benzene rings is 2. The van der Waals surface area contributed by atoms with Crippen LogP contribution in [0.1, 0.15) is 34.7 Å². The monoisotopic (exact) mass is 410 g/mol. The summed E-state index contributed by atoms with van der Waals surface area (Å²) >= 11 is 3.48. The van der Waals surface area contributed by atoms with Gasteiger partial charge in [0.15, 0.2) is 0 Å². The molecule has 2 aromatic carbocycles. The molecule has 0 radical (unpaired) electrons. The number of carbonyl (C=O) groups excluding carboxylic acids is 1. The molecule has 5 nitrogen and oxygen atoms in total. The van der Waals surface area contributed by atoms with Crippen molar-refractivity contribution in [3.63, 3.8) is 0 Å². The van der Waals surface area contributed by atoms with Crippen LogP contribution in [0, 0.1) is 0 Å². The Bertz CT molecular complexity index is 884. The van der Waals surface area contributed by atoms with Crippen molar-refractivity contribution >= 4 is 21.8 Å². The lowest BCUT2D eigenvalue weighted by molar-refractivity contribution is 0.0713. The Kier molecular flexibility index (Phi) is 4.84. The van der Waals surface area contributed by atoms with Gasteiger partial charge in [-0.05, 0) is 48.6 Å². The second-order valence-corrected chi connectivity index (χ2v) is 7.40. The van der Waals surface area contributed by atoms with Gasteiger partial charge in [-0.3, -0.25) is 4.79 Å². The van der Waals surface area contributed by atoms with E-state index in [9.17, 15) is 4.79 Å². The van der Waals surface area contributed by atoms with Crippen LogP contribution in [-0.4, -0.2) is 38.9 Å². The third-order valence-corrected chi connectivity index (χ3v) is 5.46. The number of likely N-dealkylation sites (tertiary alicyclic amines) is 1. The number of rotatable bonds is 3. The van der Waals surface area contributed by atoms with E-state index in [-0.39, 0.29) is 5.91 Å². The van der Waals surface area contributed by atoms with Gasteiger partial charge in [-0.2, -0.15) is 0 Å². The van der Waals surface area contributed by atoms with E-state index in [1.54, 1.807) is 17.1 Å². The Morgan fingerprint density at radius 3 is 2.46 bits per heavy atom. The number of amides is 1. The summed E-state index contributed by atoms with van der Waals surface area (Å²) < 4.78 is 2.74. The molecule has 0 N–H and O–H groups in total. The van der Waals surface area contributed by atoms with E-state index < -0.39 is 0 Å². The Morgan fingerprint density at radius 1 is 1.04 bits per heavy atom. The fraction of sp³-hybridized carbons (Fsp3) is 0.250. The number of carbonyl (C=O) groups is 1. The molecule has 0 aliphatic carbocycles. The van der Waals surface area contributed by atoms with Gasteiger partial charge in [-0.15, -0.1) is 5.10 Å². The fourth-order valence-corrected chi connectivity index (χ4v) is 3.78. The Labute approximate surface area is 160 Å². The maximum atomic E-state index is 13.1. The van der Waals surface area contributed by atoms with Crippen molar-refractivity contribution in [2.24, 2.45) is 0 Å². The van der Waals surface area contributed by atoms with Crippen molar-refractivity contribution < 1.29 is 4.79 Å². The minimum atomic E-state index is 0.0605. The molecule has 6 heteroatoms. The van der Waals surface area contributed by atoms with Crippen LogP contribution in [-0.2, 0) is 0 Å². The first-order valence-electron chi connectivity index (χ1n) is 8.73. The molecule has 1 aliphatic rings. The third kappa shape index (κ3) is 3.42. The van der Waals surface area contributed by atoms with Gasteiger partial charge in [0, 0.05) is 17.6 Å². The summed E-state index contributed by atoms with van der Waals surface area (Å²) in [4.78, 5) is 15.0.